The Morgan fingerprint density at radius 1 is 1.24 bits per heavy atom. The van der Waals surface area contributed by atoms with E-state index < -0.39 is 0 Å². The highest BCUT2D eigenvalue weighted by atomic mass is 16.5. The van der Waals surface area contributed by atoms with Gasteiger partial charge in [0, 0.05) is 45.0 Å². The molecule has 2 aromatic heterocycles. The molecule has 2 aliphatic heterocycles. The molecule has 0 spiro atoms. The van der Waals surface area contributed by atoms with Gasteiger partial charge in [-0.25, -0.2) is 9.97 Å². The summed E-state index contributed by atoms with van der Waals surface area (Å²) in [4.78, 5) is 37.6. The summed E-state index contributed by atoms with van der Waals surface area (Å²) in [5.74, 6) is 0.515. The Kier molecular flexibility index (Phi) is 5.75. The fourth-order valence-electron chi connectivity index (χ4n) is 3.58. The number of anilines is 1. The first-order valence-electron chi connectivity index (χ1n) is 9.93. The second-order valence-corrected chi connectivity index (χ2v) is 7.30. The molecule has 1 N–H and O–H groups in total. The van der Waals surface area contributed by atoms with Gasteiger partial charge in [0.15, 0.2) is 5.76 Å². The van der Waals surface area contributed by atoms with E-state index in [2.05, 4.69) is 15.3 Å². The number of hydrogen-bond acceptors (Lipinski definition) is 7. The normalized spacial score (nSPS) is 19.4. The SMILES string of the molecule is Cc1cc(C(=O)NCC2CCCO2)nc(N2CCN(C(=O)c3ccco3)CC2)n1. The summed E-state index contributed by atoms with van der Waals surface area (Å²) >= 11 is 0. The van der Waals surface area contributed by atoms with Crippen molar-refractivity contribution in [2.75, 3.05) is 44.2 Å². The van der Waals surface area contributed by atoms with E-state index >= 15 is 0 Å². The van der Waals surface area contributed by atoms with E-state index in [0.717, 1.165) is 25.1 Å². The molecule has 0 aromatic carbocycles. The highest BCUT2D eigenvalue weighted by molar-refractivity contribution is 5.93. The smallest absolute Gasteiger partial charge is 0.289 e. The van der Waals surface area contributed by atoms with Crippen LogP contribution in [0.5, 0.6) is 0 Å². The number of carbonyl (C=O) groups is 2. The highest BCUT2D eigenvalue weighted by Crippen LogP contribution is 2.16. The van der Waals surface area contributed by atoms with Crippen molar-refractivity contribution < 1.29 is 18.7 Å². The van der Waals surface area contributed by atoms with E-state index in [-0.39, 0.29) is 17.9 Å². The van der Waals surface area contributed by atoms with E-state index in [1.807, 2.05) is 11.8 Å². The van der Waals surface area contributed by atoms with E-state index in [0.29, 0.717) is 50.1 Å². The molecule has 29 heavy (non-hydrogen) atoms. The standard InChI is InChI=1S/C20H25N5O4/c1-14-12-16(18(26)21-13-15-4-2-10-28-15)23-20(22-14)25-8-6-24(7-9-25)19(27)17-5-3-11-29-17/h3,5,11-12,15H,2,4,6-10,13H2,1H3,(H,21,26). The third-order valence-corrected chi connectivity index (χ3v) is 5.17. The zero-order chi connectivity index (χ0) is 20.2. The molecule has 4 heterocycles. The molecule has 154 valence electrons. The van der Waals surface area contributed by atoms with Gasteiger partial charge in [-0.1, -0.05) is 0 Å². The van der Waals surface area contributed by atoms with Crippen LogP contribution >= 0.6 is 0 Å². The first kappa shape index (κ1) is 19.4. The van der Waals surface area contributed by atoms with Crippen LogP contribution in [0.1, 0.15) is 39.6 Å². The minimum Gasteiger partial charge on any atom is -0.459 e. The van der Waals surface area contributed by atoms with E-state index in [1.54, 1.807) is 23.1 Å². The number of carbonyl (C=O) groups excluding carboxylic acids is 2. The van der Waals surface area contributed by atoms with Crippen molar-refractivity contribution in [3.05, 3.63) is 41.6 Å². The van der Waals surface area contributed by atoms with E-state index in [4.69, 9.17) is 9.15 Å². The minimum absolute atomic E-state index is 0.0844. The number of nitrogens with one attached hydrogen (secondary N) is 1. The van der Waals surface area contributed by atoms with Crippen molar-refractivity contribution in [1.29, 1.82) is 0 Å². The van der Waals surface area contributed by atoms with Gasteiger partial charge in [0.1, 0.15) is 5.69 Å². The Bertz CT molecular complexity index is 856. The van der Waals surface area contributed by atoms with Gasteiger partial charge in [-0.2, -0.15) is 0 Å². The summed E-state index contributed by atoms with van der Waals surface area (Å²) in [7, 11) is 0. The molecule has 9 heteroatoms. The first-order chi connectivity index (χ1) is 14.1. The second-order valence-electron chi connectivity index (χ2n) is 7.30. The van der Waals surface area contributed by atoms with Crippen LogP contribution in [0.15, 0.2) is 28.9 Å². The van der Waals surface area contributed by atoms with Crippen molar-refractivity contribution in [3.8, 4) is 0 Å². The summed E-state index contributed by atoms with van der Waals surface area (Å²) < 4.78 is 10.7. The largest absolute Gasteiger partial charge is 0.459 e. The van der Waals surface area contributed by atoms with Crippen molar-refractivity contribution >= 4 is 17.8 Å². The summed E-state index contributed by atoms with van der Waals surface area (Å²) in [6.45, 7) is 5.35. The van der Waals surface area contributed by atoms with Gasteiger partial charge in [-0.05, 0) is 38.0 Å². The summed E-state index contributed by atoms with van der Waals surface area (Å²) in [5, 5.41) is 2.90. The second kappa shape index (κ2) is 8.60. The Morgan fingerprint density at radius 3 is 2.76 bits per heavy atom. The van der Waals surface area contributed by atoms with Crippen LogP contribution in [0.3, 0.4) is 0 Å². The fourth-order valence-corrected chi connectivity index (χ4v) is 3.58. The minimum atomic E-state index is -0.223. The Balaban J connectivity index is 1.37. The summed E-state index contributed by atoms with van der Waals surface area (Å²) in [6.07, 6.45) is 3.58. The average molecular weight is 399 g/mol. The Hall–Kier alpha value is -2.94. The predicted octanol–water partition coefficient (Wildman–Crippen LogP) is 1.25. The van der Waals surface area contributed by atoms with Crippen molar-refractivity contribution in [2.24, 2.45) is 0 Å². The molecule has 1 atom stereocenters. The van der Waals surface area contributed by atoms with Crippen LogP contribution in [-0.4, -0.2) is 72.1 Å². The number of hydrogen-bond donors (Lipinski definition) is 1. The van der Waals surface area contributed by atoms with E-state index in [9.17, 15) is 9.59 Å². The topological polar surface area (TPSA) is 101 Å². The van der Waals surface area contributed by atoms with Crippen molar-refractivity contribution in [2.45, 2.75) is 25.9 Å². The average Bonchev–Trinajstić information content (AvgIpc) is 3.45. The maximum absolute atomic E-state index is 12.5. The third-order valence-electron chi connectivity index (χ3n) is 5.17. The molecule has 4 rings (SSSR count). The number of amides is 2. The molecular weight excluding hydrogens is 374 g/mol. The maximum atomic E-state index is 12.5. The molecule has 2 saturated heterocycles. The lowest BCUT2D eigenvalue weighted by Gasteiger charge is -2.34. The summed E-state index contributed by atoms with van der Waals surface area (Å²) in [5.41, 5.74) is 1.07. The number of furan rings is 1. The van der Waals surface area contributed by atoms with Gasteiger partial charge in [0.2, 0.25) is 5.95 Å². The molecule has 0 saturated carbocycles. The third kappa shape index (κ3) is 4.56. The van der Waals surface area contributed by atoms with Gasteiger partial charge in [0.05, 0.1) is 12.4 Å². The number of nitrogens with zero attached hydrogens (tertiary/aromatic N) is 4. The first-order valence-corrected chi connectivity index (χ1v) is 9.93. The van der Waals surface area contributed by atoms with Crippen LogP contribution in [0.25, 0.3) is 0 Å². The van der Waals surface area contributed by atoms with Crippen LogP contribution < -0.4 is 10.2 Å². The lowest BCUT2D eigenvalue weighted by Crippen LogP contribution is -2.49. The predicted molar refractivity (Wildman–Crippen MR) is 105 cm³/mol. The lowest BCUT2D eigenvalue weighted by atomic mass is 10.2. The van der Waals surface area contributed by atoms with Crippen LogP contribution in [0.2, 0.25) is 0 Å². The van der Waals surface area contributed by atoms with Gasteiger partial charge >= 0.3 is 0 Å². The fraction of sp³-hybridized carbons (Fsp3) is 0.500. The van der Waals surface area contributed by atoms with Crippen LogP contribution in [-0.2, 0) is 4.74 Å². The van der Waals surface area contributed by atoms with Gasteiger partial charge in [-0.15, -0.1) is 0 Å². The molecule has 2 aromatic rings. The molecule has 0 bridgehead atoms. The number of aromatic nitrogens is 2. The quantitative estimate of drug-likeness (QED) is 0.807. The van der Waals surface area contributed by atoms with Gasteiger partial charge in [0.25, 0.3) is 11.8 Å². The Morgan fingerprint density at radius 2 is 2.07 bits per heavy atom. The van der Waals surface area contributed by atoms with E-state index in [1.165, 1.54) is 6.26 Å². The number of ether oxygens (including phenoxy) is 1. The van der Waals surface area contributed by atoms with Crippen LogP contribution in [0, 0.1) is 6.92 Å². The van der Waals surface area contributed by atoms with Gasteiger partial charge < -0.3 is 24.3 Å². The summed E-state index contributed by atoms with van der Waals surface area (Å²) in [6, 6.07) is 5.06. The zero-order valence-electron chi connectivity index (χ0n) is 16.5. The number of aryl methyl sites for hydroxylation is 1. The molecule has 2 fully saturated rings. The maximum Gasteiger partial charge on any atom is 0.289 e. The lowest BCUT2D eigenvalue weighted by molar-refractivity contribution is 0.0714. The molecular formula is C20H25N5O4. The van der Waals surface area contributed by atoms with Gasteiger partial charge in [-0.3, -0.25) is 9.59 Å². The molecule has 9 nitrogen and oxygen atoms in total. The molecule has 1 unspecified atom stereocenters. The molecule has 2 aliphatic rings. The van der Waals surface area contributed by atoms with Crippen molar-refractivity contribution in [1.82, 2.24) is 20.2 Å². The monoisotopic (exact) mass is 399 g/mol. The highest BCUT2D eigenvalue weighted by Gasteiger charge is 2.26. The molecule has 0 radical (unpaired) electrons. The van der Waals surface area contributed by atoms with Crippen molar-refractivity contribution in [3.63, 3.8) is 0 Å². The number of rotatable bonds is 5. The van der Waals surface area contributed by atoms with Crippen LogP contribution in [0.4, 0.5) is 5.95 Å². The molecule has 0 aliphatic carbocycles. The Labute approximate surface area is 169 Å². The zero-order valence-corrected chi connectivity index (χ0v) is 16.5. The number of piperazine rings is 1. The molecule has 2 amide bonds.